The van der Waals surface area contributed by atoms with Crippen molar-refractivity contribution < 1.29 is 9.53 Å². The zero-order chi connectivity index (χ0) is 11.3. The number of aromatic nitrogens is 1. The first kappa shape index (κ1) is 11.8. The first-order valence-electron chi connectivity index (χ1n) is 4.56. The van der Waals surface area contributed by atoms with E-state index in [-0.39, 0.29) is 11.9 Å². The predicted molar refractivity (Wildman–Crippen MR) is 60.6 cm³/mol. The number of nitrogens with two attached hydrogens (primary N) is 1. The second-order valence-electron chi connectivity index (χ2n) is 3.13. The number of ether oxygens (including phenoxy) is 1. The van der Waals surface area contributed by atoms with Crippen molar-refractivity contribution in [3.05, 3.63) is 18.3 Å². The largest absolute Gasteiger partial charge is 0.469 e. The molecule has 0 spiro atoms. The fraction of sp³-hybridized carbons (Fsp3) is 0.400. The monoisotopic (exact) mass is 226 g/mol. The average Bonchev–Trinajstić information content (AvgIpc) is 2.26. The summed E-state index contributed by atoms with van der Waals surface area (Å²) >= 11 is 1.46. The van der Waals surface area contributed by atoms with Gasteiger partial charge in [0.15, 0.2) is 0 Å². The molecule has 0 saturated carbocycles. The number of nitrogen functional groups attached to an aromatic ring is 1. The van der Waals surface area contributed by atoms with E-state index < -0.39 is 0 Å². The number of esters is 1. The number of hydrogen-bond donors (Lipinski definition) is 1. The zero-order valence-corrected chi connectivity index (χ0v) is 9.58. The Balaban J connectivity index is 2.50. The summed E-state index contributed by atoms with van der Waals surface area (Å²) in [6.07, 6.45) is 1.68. The molecular weight excluding hydrogens is 212 g/mol. The minimum atomic E-state index is -0.211. The number of anilines is 1. The summed E-state index contributed by atoms with van der Waals surface area (Å²) < 4.78 is 4.63. The molecule has 0 radical (unpaired) electrons. The van der Waals surface area contributed by atoms with Crippen molar-refractivity contribution in [3.8, 4) is 0 Å². The zero-order valence-electron chi connectivity index (χ0n) is 8.77. The van der Waals surface area contributed by atoms with Gasteiger partial charge in [-0.1, -0.05) is 6.92 Å². The fourth-order valence-corrected chi connectivity index (χ4v) is 1.91. The summed E-state index contributed by atoms with van der Waals surface area (Å²) in [6.45, 7) is 1.82. The van der Waals surface area contributed by atoms with Crippen LogP contribution in [0.3, 0.4) is 0 Å². The van der Waals surface area contributed by atoms with Gasteiger partial charge in [0.25, 0.3) is 0 Å². The molecule has 2 N–H and O–H groups in total. The van der Waals surface area contributed by atoms with E-state index in [2.05, 4.69) is 9.72 Å². The Kier molecular flexibility index (Phi) is 4.42. The van der Waals surface area contributed by atoms with Crippen molar-refractivity contribution in [3.63, 3.8) is 0 Å². The number of nitrogens with zero attached hydrogens (tertiary/aromatic N) is 1. The highest BCUT2D eigenvalue weighted by Crippen LogP contribution is 2.23. The maximum absolute atomic E-state index is 11.1. The van der Waals surface area contributed by atoms with Crippen LogP contribution in [0.5, 0.6) is 0 Å². The number of carbonyl (C=O) groups is 1. The van der Waals surface area contributed by atoms with E-state index in [0.29, 0.717) is 11.4 Å². The number of rotatable bonds is 4. The lowest BCUT2D eigenvalue weighted by Crippen LogP contribution is -2.14. The highest BCUT2D eigenvalue weighted by atomic mass is 32.2. The fourth-order valence-electron chi connectivity index (χ4n) is 0.997. The second-order valence-corrected chi connectivity index (χ2v) is 4.14. The first-order chi connectivity index (χ1) is 7.15. The van der Waals surface area contributed by atoms with Crippen molar-refractivity contribution in [2.24, 2.45) is 5.92 Å². The predicted octanol–water partition coefficient (Wildman–Crippen LogP) is 1.56. The quantitative estimate of drug-likeness (QED) is 0.623. The Morgan fingerprint density at radius 3 is 3.07 bits per heavy atom. The summed E-state index contributed by atoms with van der Waals surface area (Å²) in [5.41, 5.74) is 6.35. The Labute approximate surface area is 93.2 Å². The molecule has 1 atom stereocenters. The third kappa shape index (κ3) is 3.43. The molecule has 15 heavy (non-hydrogen) atoms. The van der Waals surface area contributed by atoms with Gasteiger partial charge in [0.05, 0.1) is 18.7 Å². The van der Waals surface area contributed by atoms with Crippen molar-refractivity contribution in [1.29, 1.82) is 0 Å². The number of hydrogen-bond acceptors (Lipinski definition) is 5. The highest BCUT2D eigenvalue weighted by Gasteiger charge is 2.14. The smallest absolute Gasteiger partial charge is 0.309 e. The van der Waals surface area contributed by atoms with Gasteiger partial charge in [-0.2, -0.15) is 0 Å². The molecule has 5 heteroatoms. The van der Waals surface area contributed by atoms with Crippen molar-refractivity contribution in [2.45, 2.75) is 11.9 Å². The van der Waals surface area contributed by atoms with Gasteiger partial charge in [-0.05, 0) is 12.1 Å². The summed E-state index contributed by atoms with van der Waals surface area (Å²) in [6, 6.07) is 3.57. The number of pyridine rings is 1. The van der Waals surface area contributed by atoms with Crippen LogP contribution in [0.15, 0.2) is 23.4 Å². The van der Waals surface area contributed by atoms with Crippen molar-refractivity contribution in [1.82, 2.24) is 4.98 Å². The van der Waals surface area contributed by atoms with Crippen molar-refractivity contribution in [2.75, 3.05) is 18.6 Å². The van der Waals surface area contributed by atoms with Gasteiger partial charge in [0.2, 0.25) is 0 Å². The highest BCUT2D eigenvalue weighted by molar-refractivity contribution is 7.99. The summed E-state index contributed by atoms with van der Waals surface area (Å²) in [5, 5.41) is 0.758. The molecule has 1 aromatic rings. The van der Waals surface area contributed by atoms with Gasteiger partial charge in [0, 0.05) is 11.9 Å². The summed E-state index contributed by atoms with van der Waals surface area (Å²) in [4.78, 5) is 15.3. The van der Waals surface area contributed by atoms with Gasteiger partial charge in [0.1, 0.15) is 5.03 Å². The molecule has 82 valence electrons. The number of methoxy groups -OCH3 is 1. The van der Waals surface area contributed by atoms with Gasteiger partial charge in [-0.15, -0.1) is 11.8 Å². The number of carbonyl (C=O) groups excluding carboxylic acids is 1. The Bertz CT molecular complexity index is 344. The number of thioether (sulfide) groups is 1. The first-order valence-corrected chi connectivity index (χ1v) is 5.54. The molecule has 1 unspecified atom stereocenters. The van der Waals surface area contributed by atoms with Crippen LogP contribution in [0.25, 0.3) is 0 Å². The van der Waals surface area contributed by atoms with Crippen LogP contribution in [-0.2, 0) is 9.53 Å². The minimum Gasteiger partial charge on any atom is -0.469 e. The summed E-state index contributed by atoms with van der Waals surface area (Å²) in [5.74, 6) is 0.256. The molecule has 0 aliphatic rings. The molecule has 1 heterocycles. The Hall–Kier alpha value is -1.23. The van der Waals surface area contributed by atoms with E-state index in [0.717, 1.165) is 5.03 Å². The van der Waals surface area contributed by atoms with Crippen LogP contribution < -0.4 is 5.73 Å². The molecule has 1 aromatic heterocycles. The third-order valence-electron chi connectivity index (χ3n) is 1.87. The Morgan fingerprint density at radius 2 is 2.47 bits per heavy atom. The van der Waals surface area contributed by atoms with Crippen molar-refractivity contribution >= 4 is 23.4 Å². The van der Waals surface area contributed by atoms with E-state index in [1.165, 1.54) is 18.9 Å². The molecule has 0 bridgehead atoms. The molecule has 0 fully saturated rings. The lowest BCUT2D eigenvalue weighted by Gasteiger charge is -2.08. The lowest BCUT2D eigenvalue weighted by atomic mass is 10.2. The average molecular weight is 226 g/mol. The lowest BCUT2D eigenvalue weighted by molar-refractivity contribution is -0.143. The van der Waals surface area contributed by atoms with Crippen LogP contribution in [0.2, 0.25) is 0 Å². The van der Waals surface area contributed by atoms with Gasteiger partial charge >= 0.3 is 5.97 Å². The maximum atomic E-state index is 11.1. The van der Waals surface area contributed by atoms with Crippen LogP contribution in [0.1, 0.15) is 6.92 Å². The van der Waals surface area contributed by atoms with Crippen LogP contribution in [-0.4, -0.2) is 23.8 Å². The second kappa shape index (κ2) is 5.60. The van der Waals surface area contributed by atoms with E-state index in [9.17, 15) is 4.79 Å². The van der Waals surface area contributed by atoms with E-state index in [4.69, 9.17) is 5.73 Å². The van der Waals surface area contributed by atoms with Gasteiger partial charge in [-0.3, -0.25) is 4.79 Å². The van der Waals surface area contributed by atoms with Crippen LogP contribution in [0, 0.1) is 5.92 Å². The topological polar surface area (TPSA) is 65.2 Å². The molecule has 0 aromatic carbocycles. The normalized spacial score (nSPS) is 12.1. The van der Waals surface area contributed by atoms with E-state index in [1.807, 2.05) is 6.92 Å². The van der Waals surface area contributed by atoms with Crippen LogP contribution in [0.4, 0.5) is 5.69 Å². The molecular formula is C10H14N2O2S. The van der Waals surface area contributed by atoms with E-state index in [1.54, 1.807) is 18.3 Å². The van der Waals surface area contributed by atoms with Gasteiger partial charge in [-0.25, -0.2) is 4.98 Å². The molecule has 0 aliphatic heterocycles. The molecule has 0 aliphatic carbocycles. The molecule has 4 nitrogen and oxygen atoms in total. The minimum absolute atomic E-state index is 0.151. The SMILES string of the molecule is COC(=O)C(C)CSc1ncccc1N. The molecule has 0 amide bonds. The Morgan fingerprint density at radius 1 is 1.73 bits per heavy atom. The van der Waals surface area contributed by atoms with Gasteiger partial charge < -0.3 is 10.5 Å². The maximum Gasteiger partial charge on any atom is 0.309 e. The molecule has 0 saturated heterocycles. The molecule has 1 rings (SSSR count). The third-order valence-corrected chi connectivity index (χ3v) is 3.16. The summed E-state index contributed by atoms with van der Waals surface area (Å²) in [7, 11) is 1.39. The standard InChI is InChI=1S/C10H14N2O2S/c1-7(10(13)14-2)6-15-9-8(11)4-3-5-12-9/h3-5,7H,6,11H2,1-2H3. The van der Waals surface area contributed by atoms with Crippen LogP contribution >= 0.6 is 11.8 Å². The van der Waals surface area contributed by atoms with E-state index >= 15 is 0 Å².